The molecule has 1 rings (SSSR count). The highest BCUT2D eigenvalue weighted by molar-refractivity contribution is 6.71. The number of halogens is 3. The van der Waals surface area contributed by atoms with Crippen LogP contribution in [0, 0.1) is 0 Å². The minimum absolute atomic E-state index is 0.215. The fourth-order valence-electron chi connectivity index (χ4n) is 1.22. The number of rotatable bonds is 3. The van der Waals surface area contributed by atoms with E-state index in [1.54, 1.807) is 19.6 Å². The predicted molar refractivity (Wildman–Crippen MR) is 66.9 cm³/mol. The lowest BCUT2D eigenvalue weighted by Crippen LogP contribution is -2.31. The summed E-state index contributed by atoms with van der Waals surface area (Å²) in [5, 5.41) is 0. The maximum Gasteiger partial charge on any atom is 0.491 e. The molecule has 0 aliphatic carbocycles. The normalized spacial score (nSPS) is 11.9. The van der Waals surface area contributed by atoms with Crippen molar-refractivity contribution in [1.29, 1.82) is 0 Å². The number of alkyl halides is 3. The van der Waals surface area contributed by atoms with Crippen LogP contribution < -0.4 is 4.74 Å². The fraction of sp³-hybridized carbons (Fsp3) is 0.333. The van der Waals surface area contributed by atoms with E-state index >= 15 is 0 Å². The summed E-state index contributed by atoms with van der Waals surface area (Å²) >= 11 is 0. The van der Waals surface area contributed by atoms with Crippen LogP contribution in [0.2, 0.25) is 19.6 Å². The molecule has 0 aliphatic rings. The Labute approximate surface area is 114 Å². The second kappa shape index (κ2) is 5.66. The molecule has 0 amide bonds. The molecule has 0 heterocycles. The molecule has 0 aliphatic heterocycles. The zero-order valence-corrected chi connectivity index (χ0v) is 12.1. The minimum Gasteiger partial charge on any atom is -0.516 e. The van der Waals surface area contributed by atoms with E-state index in [9.17, 15) is 22.8 Å². The molecule has 0 fully saturated rings. The molecule has 0 radical (unpaired) electrons. The Morgan fingerprint density at radius 3 is 2.15 bits per heavy atom. The maximum atomic E-state index is 12.2. The molecule has 20 heavy (non-hydrogen) atoms. The number of ether oxygens (including phenoxy) is 1. The Morgan fingerprint density at radius 1 is 1.10 bits per heavy atom. The third kappa shape index (κ3) is 4.69. The Kier molecular flexibility index (Phi) is 4.59. The van der Waals surface area contributed by atoms with Crippen LogP contribution in [0.3, 0.4) is 0 Å². The van der Waals surface area contributed by atoms with E-state index in [1.165, 1.54) is 18.2 Å². The average Bonchev–Trinajstić information content (AvgIpc) is 2.25. The molecule has 8 heteroatoms. The molecule has 0 unspecified atom stereocenters. The molecule has 4 nitrogen and oxygen atoms in total. The van der Waals surface area contributed by atoms with Gasteiger partial charge in [0, 0.05) is 0 Å². The smallest absolute Gasteiger partial charge is 0.491 e. The Balaban J connectivity index is 3.00. The highest BCUT2D eigenvalue weighted by atomic mass is 28.4. The van der Waals surface area contributed by atoms with Crippen LogP contribution in [0.4, 0.5) is 13.2 Å². The zero-order valence-electron chi connectivity index (χ0n) is 11.1. The molecule has 1 aromatic carbocycles. The van der Waals surface area contributed by atoms with E-state index in [0.29, 0.717) is 0 Å². The predicted octanol–water partition coefficient (Wildman–Crippen LogP) is 3.15. The largest absolute Gasteiger partial charge is 0.516 e. The molecule has 0 atom stereocenters. The van der Waals surface area contributed by atoms with Crippen molar-refractivity contribution in [3.8, 4) is 5.75 Å². The number of esters is 1. The third-order valence-corrected chi connectivity index (χ3v) is 2.74. The monoisotopic (exact) mass is 306 g/mol. The van der Waals surface area contributed by atoms with E-state index in [2.05, 4.69) is 4.74 Å². The molecule has 0 saturated heterocycles. The van der Waals surface area contributed by atoms with Crippen LogP contribution in [0.5, 0.6) is 5.75 Å². The van der Waals surface area contributed by atoms with Crippen molar-refractivity contribution in [2.75, 3.05) is 0 Å². The van der Waals surface area contributed by atoms with Gasteiger partial charge >= 0.3 is 18.1 Å². The fourth-order valence-corrected chi connectivity index (χ4v) is 1.88. The number of para-hydroxylation sites is 1. The summed E-state index contributed by atoms with van der Waals surface area (Å²) in [6.45, 7) is 5.24. The Hall–Kier alpha value is -1.83. The van der Waals surface area contributed by atoms with Crippen LogP contribution in [0.15, 0.2) is 24.3 Å². The van der Waals surface area contributed by atoms with E-state index in [4.69, 9.17) is 4.43 Å². The van der Waals surface area contributed by atoms with Crippen LogP contribution in [0.1, 0.15) is 10.4 Å². The standard InChI is InChI=1S/C12H13F3O4Si/c1-20(2,3)19-10(16)8-6-4-5-7-9(8)18-11(17)12(13,14)15/h4-7H,1-3H3. The van der Waals surface area contributed by atoms with Gasteiger partial charge in [-0.1, -0.05) is 12.1 Å². The van der Waals surface area contributed by atoms with Gasteiger partial charge in [0.1, 0.15) is 11.3 Å². The molecule has 0 saturated carbocycles. The van der Waals surface area contributed by atoms with Crippen molar-refractivity contribution in [2.24, 2.45) is 0 Å². The zero-order chi connectivity index (χ0) is 15.6. The first-order chi connectivity index (χ1) is 9.00. The van der Waals surface area contributed by atoms with E-state index in [1.807, 2.05) is 0 Å². The van der Waals surface area contributed by atoms with Crippen molar-refractivity contribution >= 4 is 20.3 Å². The lowest BCUT2D eigenvalue weighted by molar-refractivity contribution is -0.189. The van der Waals surface area contributed by atoms with Crippen LogP contribution in [-0.4, -0.2) is 26.4 Å². The summed E-state index contributed by atoms with van der Waals surface area (Å²) in [7, 11) is -2.21. The van der Waals surface area contributed by atoms with Gasteiger partial charge in [-0.2, -0.15) is 13.2 Å². The van der Waals surface area contributed by atoms with Gasteiger partial charge in [-0.25, -0.2) is 9.59 Å². The SMILES string of the molecule is C[Si](C)(C)OC(=O)c1ccccc1OC(=O)C(F)(F)F. The first kappa shape index (κ1) is 16.2. The van der Waals surface area contributed by atoms with Gasteiger partial charge in [0.2, 0.25) is 8.32 Å². The molecular weight excluding hydrogens is 293 g/mol. The quantitative estimate of drug-likeness (QED) is 0.489. The molecule has 0 spiro atoms. The maximum absolute atomic E-state index is 12.2. The molecule has 110 valence electrons. The summed E-state index contributed by atoms with van der Waals surface area (Å²) in [6, 6.07) is 5.13. The van der Waals surface area contributed by atoms with Gasteiger partial charge in [-0.15, -0.1) is 0 Å². The molecule has 0 bridgehead atoms. The van der Waals surface area contributed by atoms with Crippen molar-refractivity contribution in [1.82, 2.24) is 0 Å². The highest BCUT2D eigenvalue weighted by Crippen LogP contribution is 2.24. The summed E-state index contributed by atoms with van der Waals surface area (Å²) in [5.41, 5.74) is -0.215. The van der Waals surface area contributed by atoms with Crippen molar-refractivity contribution in [3.63, 3.8) is 0 Å². The number of carbonyl (C=O) groups is 2. The topological polar surface area (TPSA) is 52.6 Å². The summed E-state index contributed by atoms with van der Waals surface area (Å²) in [6.07, 6.45) is -5.13. The van der Waals surface area contributed by atoms with Crippen molar-refractivity contribution < 1.29 is 31.9 Å². The molecular formula is C12H13F3O4Si. The lowest BCUT2D eigenvalue weighted by atomic mass is 10.2. The summed E-state index contributed by atoms with van der Waals surface area (Å²) in [5.74, 6) is -3.67. The van der Waals surface area contributed by atoms with Gasteiger partial charge in [0.05, 0.1) is 0 Å². The van der Waals surface area contributed by atoms with Gasteiger partial charge < -0.3 is 9.16 Å². The molecule has 0 aromatic heterocycles. The van der Waals surface area contributed by atoms with E-state index in [0.717, 1.165) is 6.07 Å². The molecule has 1 aromatic rings. The highest BCUT2D eigenvalue weighted by Gasteiger charge is 2.42. The Morgan fingerprint density at radius 2 is 1.65 bits per heavy atom. The summed E-state index contributed by atoms with van der Waals surface area (Å²) < 4.78 is 45.8. The third-order valence-electron chi connectivity index (χ3n) is 1.94. The van der Waals surface area contributed by atoms with Crippen LogP contribution >= 0.6 is 0 Å². The number of hydrogen-bond donors (Lipinski definition) is 0. The average molecular weight is 306 g/mol. The number of carbonyl (C=O) groups excluding carboxylic acids is 2. The van der Waals surface area contributed by atoms with Crippen LogP contribution in [0.25, 0.3) is 0 Å². The van der Waals surface area contributed by atoms with Crippen molar-refractivity contribution in [3.05, 3.63) is 29.8 Å². The first-order valence-corrected chi connectivity index (χ1v) is 9.03. The lowest BCUT2D eigenvalue weighted by Gasteiger charge is -2.18. The van der Waals surface area contributed by atoms with Crippen LogP contribution in [-0.2, 0) is 9.22 Å². The molecule has 0 N–H and O–H groups in total. The van der Waals surface area contributed by atoms with Gasteiger partial charge in [0.25, 0.3) is 0 Å². The van der Waals surface area contributed by atoms with E-state index < -0.39 is 32.2 Å². The number of benzene rings is 1. The first-order valence-electron chi connectivity index (χ1n) is 5.62. The second-order valence-electron chi connectivity index (χ2n) is 4.89. The minimum atomic E-state index is -5.13. The van der Waals surface area contributed by atoms with Crippen molar-refractivity contribution in [2.45, 2.75) is 25.8 Å². The Bertz CT molecular complexity index is 520. The number of hydrogen-bond acceptors (Lipinski definition) is 4. The van der Waals surface area contributed by atoms with E-state index in [-0.39, 0.29) is 5.56 Å². The second-order valence-corrected chi connectivity index (χ2v) is 9.31. The van der Waals surface area contributed by atoms with Gasteiger partial charge in [-0.05, 0) is 31.8 Å². The van der Waals surface area contributed by atoms with Gasteiger partial charge in [0.15, 0.2) is 0 Å². The summed E-state index contributed by atoms with van der Waals surface area (Å²) in [4.78, 5) is 22.7. The van der Waals surface area contributed by atoms with Gasteiger partial charge in [-0.3, -0.25) is 0 Å².